The molecule has 0 heteroatoms. The molecule has 0 nitrogen and oxygen atoms in total. The standard InChI is InChI=1S/C57H94/c1-29-15-16-35(19-30(29)2)27-56(54(10,11)12)28-45-43-25-38(53(7,8)9)22-36-23-39-31(3)20-41-33(5)40-21-32(4)47-26-42(40)48-44-24-37(55(47,13)14)17-18-46(44)57(51(36)43,50(45)34(56)6)52(39)49(41)48/h29-52H,15-28H2,1-14H3. The summed E-state index contributed by atoms with van der Waals surface area (Å²) in [6, 6.07) is 0. The van der Waals surface area contributed by atoms with E-state index >= 15 is 0 Å². The molecule has 0 radical (unpaired) electrons. The van der Waals surface area contributed by atoms with E-state index in [2.05, 4.69) is 96.9 Å². The van der Waals surface area contributed by atoms with Gasteiger partial charge >= 0.3 is 0 Å². The lowest BCUT2D eigenvalue weighted by molar-refractivity contribution is -0.302. The zero-order valence-corrected chi connectivity index (χ0v) is 40.3. The van der Waals surface area contributed by atoms with Crippen molar-refractivity contribution in [3.8, 4) is 0 Å². The first-order chi connectivity index (χ1) is 26.7. The second-order valence-corrected chi connectivity index (χ2v) is 29.2. The fraction of sp³-hybridized carbons (Fsp3) is 1.00. The van der Waals surface area contributed by atoms with Crippen LogP contribution < -0.4 is 0 Å². The van der Waals surface area contributed by atoms with Crippen LogP contribution in [0.2, 0.25) is 0 Å². The second-order valence-electron chi connectivity index (χ2n) is 29.2. The molecule has 11 fully saturated rings. The maximum absolute atomic E-state index is 3.01. The van der Waals surface area contributed by atoms with Gasteiger partial charge in [-0.25, -0.2) is 0 Å². The minimum absolute atomic E-state index is 0.378. The summed E-state index contributed by atoms with van der Waals surface area (Å²) in [6.07, 6.45) is 22.2. The smallest absolute Gasteiger partial charge is 0.0165 e. The van der Waals surface area contributed by atoms with Gasteiger partial charge in [-0.2, -0.15) is 0 Å². The fourth-order valence-electron chi connectivity index (χ4n) is 23.8. The van der Waals surface area contributed by atoms with E-state index in [1.54, 1.807) is 70.6 Å². The number of fused-ring (bicyclic) bond motifs is 4. The Morgan fingerprint density at radius 1 is 0.509 bits per heavy atom. The van der Waals surface area contributed by atoms with E-state index in [1.165, 1.54) is 19.3 Å². The van der Waals surface area contributed by atoms with Crippen molar-refractivity contribution in [1.82, 2.24) is 0 Å². The molecule has 0 aromatic carbocycles. The first-order valence-corrected chi connectivity index (χ1v) is 26.7. The van der Waals surface area contributed by atoms with Crippen LogP contribution in [0, 0.1) is 169 Å². The first-order valence-electron chi connectivity index (χ1n) is 26.7. The number of hydrogen-bond acceptors (Lipinski definition) is 0. The highest BCUT2D eigenvalue weighted by Gasteiger charge is 2.82. The van der Waals surface area contributed by atoms with Gasteiger partial charge in [-0.05, 0) is 246 Å². The molecule has 11 aliphatic rings. The van der Waals surface area contributed by atoms with Gasteiger partial charge in [-0.1, -0.05) is 110 Å². The van der Waals surface area contributed by atoms with Crippen molar-refractivity contribution < 1.29 is 0 Å². The number of rotatable bonds is 2. The molecule has 322 valence electrons. The van der Waals surface area contributed by atoms with E-state index in [4.69, 9.17) is 0 Å². The van der Waals surface area contributed by atoms with Crippen molar-refractivity contribution in [2.75, 3.05) is 0 Å². The molecule has 0 amide bonds. The molecule has 4 bridgehead atoms. The summed E-state index contributed by atoms with van der Waals surface area (Å²) in [4.78, 5) is 0. The van der Waals surface area contributed by atoms with Crippen molar-refractivity contribution in [2.24, 2.45) is 169 Å². The highest BCUT2D eigenvalue weighted by molar-refractivity contribution is 5.29. The largest absolute Gasteiger partial charge is 0.0623 e. The Kier molecular flexibility index (Phi) is 8.79. The summed E-state index contributed by atoms with van der Waals surface area (Å²) >= 11 is 0. The van der Waals surface area contributed by atoms with Gasteiger partial charge < -0.3 is 0 Å². The molecule has 0 saturated heterocycles. The van der Waals surface area contributed by atoms with Crippen molar-refractivity contribution in [3.05, 3.63) is 0 Å². The van der Waals surface area contributed by atoms with Gasteiger partial charge in [-0.15, -0.1) is 0 Å². The van der Waals surface area contributed by atoms with E-state index in [9.17, 15) is 0 Å². The molecule has 0 aromatic heterocycles. The minimum Gasteiger partial charge on any atom is -0.0623 e. The monoisotopic (exact) mass is 779 g/mol. The molecule has 0 aliphatic heterocycles. The summed E-state index contributed by atoms with van der Waals surface area (Å²) in [7, 11) is 0. The molecule has 0 heterocycles. The Morgan fingerprint density at radius 3 is 1.95 bits per heavy atom. The normalized spacial score (nSPS) is 62.0. The molecule has 11 saturated carbocycles. The third-order valence-corrected chi connectivity index (χ3v) is 26.0. The lowest BCUT2D eigenvalue weighted by Crippen LogP contribution is -2.73. The number of hydrogen-bond donors (Lipinski definition) is 0. The Labute approximate surface area is 354 Å². The molecule has 26 atom stereocenters. The van der Waals surface area contributed by atoms with Crippen LogP contribution in [-0.2, 0) is 0 Å². The van der Waals surface area contributed by atoms with Gasteiger partial charge in [0.15, 0.2) is 0 Å². The fourth-order valence-corrected chi connectivity index (χ4v) is 23.8. The third kappa shape index (κ3) is 4.98. The molecule has 11 aliphatic carbocycles. The van der Waals surface area contributed by atoms with Crippen LogP contribution in [0.25, 0.3) is 0 Å². The van der Waals surface area contributed by atoms with Gasteiger partial charge in [0.1, 0.15) is 0 Å². The van der Waals surface area contributed by atoms with Crippen molar-refractivity contribution in [3.63, 3.8) is 0 Å². The van der Waals surface area contributed by atoms with Crippen LogP contribution >= 0.6 is 0 Å². The highest BCUT2D eigenvalue weighted by Crippen LogP contribution is 2.87. The average molecular weight is 779 g/mol. The van der Waals surface area contributed by atoms with Crippen molar-refractivity contribution >= 4 is 0 Å². The molecular formula is C57H94. The van der Waals surface area contributed by atoms with Crippen LogP contribution in [0.1, 0.15) is 187 Å². The Bertz CT molecular complexity index is 1570. The van der Waals surface area contributed by atoms with Crippen LogP contribution in [-0.4, -0.2) is 0 Å². The second kappa shape index (κ2) is 12.6. The third-order valence-electron chi connectivity index (χ3n) is 26.0. The molecule has 11 rings (SSSR count). The molecule has 1 spiro atoms. The molecular weight excluding hydrogens is 685 g/mol. The summed E-state index contributed by atoms with van der Waals surface area (Å²) in [5.41, 5.74) is 2.48. The van der Waals surface area contributed by atoms with Crippen LogP contribution in [0.15, 0.2) is 0 Å². The average Bonchev–Trinajstić information content (AvgIpc) is 3.59. The lowest BCUT2D eigenvalue weighted by atomic mass is 9.27. The predicted octanol–water partition coefficient (Wildman–Crippen LogP) is 15.6. The van der Waals surface area contributed by atoms with Crippen molar-refractivity contribution in [1.29, 1.82) is 0 Å². The topological polar surface area (TPSA) is 0 Å². The van der Waals surface area contributed by atoms with Gasteiger partial charge in [0.25, 0.3) is 0 Å². The maximum Gasteiger partial charge on any atom is -0.0165 e. The molecule has 57 heavy (non-hydrogen) atoms. The van der Waals surface area contributed by atoms with E-state index in [0.29, 0.717) is 27.1 Å². The molecule has 0 aromatic rings. The maximum atomic E-state index is 3.01. The van der Waals surface area contributed by atoms with E-state index in [0.717, 1.165) is 142 Å². The summed E-state index contributed by atoms with van der Waals surface area (Å²) in [5, 5.41) is 0. The minimum atomic E-state index is 0.378. The lowest BCUT2D eigenvalue weighted by Gasteiger charge is -2.78. The van der Waals surface area contributed by atoms with E-state index < -0.39 is 0 Å². The van der Waals surface area contributed by atoms with Gasteiger partial charge in [0.2, 0.25) is 0 Å². The van der Waals surface area contributed by atoms with E-state index in [-0.39, 0.29) is 0 Å². The zero-order chi connectivity index (χ0) is 40.3. The van der Waals surface area contributed by atoms with E-state index in [1.807, 2.05) is 0 Å². The quantitative estimate of drug-likeness (QED) is 0.262. The highest BCUT2D eigenvalue weighted by atomic mass is 14.9. The van der Waals surface area contributed by atoms with Gasteiger partial charge in [0.05, 0.1) is 0 Å². The predicted molar refractivity (Wildman–Crippen MR) is 240 cm³/mol. The Balaban J connectivity index is 1.12. The zero-order valence-electron chi connectivity index (χ0n) is 40.3. The summed E-state index contributed by atoms with van der Waals surface area (Å²) < 4.78 is 0. The van der Waals surface area contributed by atoms with Crippen LogP contribution in [0.5, 0.6) is 0 Å². The van der Waals surface area contributed by atoms with Gasteiger partial charge in [-0.3, -0.25) is 0 Å². The van der Waals surface area contributed by atoms with Crippen LogP contribution in [0.4, 0.5) is 0 Å². The molecule has 0 N–H and O–H groups in total. The van der Waals surface area contributed by atoms with Gasteiger partial charge in [0, 0.05) is 0 Å². The summed E-state index contributed by atoms with van der Waals surface area (Å²) in [5.74, 6) is 23.9. The van der Waals surface area contributed by atoms with Crippen molar-refractivity contribution in [2.45, 2.75) is 187 Å². The SMILES string of the molecule is CC1CCC(CC2(C(C)(C)C)CC3C4CC(C(C)(C)C)CC5CC6C(C)CC7C(C)C8CC(C)C9CC8C8C%10CC(CCC%10C(C54)(C6C78)C3C2C)C9(C)C)CC1C. The molecule has 26 unspecified atom stereocenters. The summed E-state index contributed by atoms with van der Waals surface area (Å²) in [6.45, 7) is 38.7. The van der Waals surface area contributed by atoms with Crippen LogP contribution in [0.3, 0.4) is 0 Å². The first kappa shape index (κ1) is 39.8. The Morgan fingerprint density at radius 2 is 1.25 bits per heavy atom. The Hall–Kier alpha value is 0.